The van der Waals surface area contributed by atoms with Gasteiger partial charge in [-0.2, -0.15) is 0 Å². The zero-order valence-electron chi connectivity index (χ0n) is 18.8. The lowest BCUT2D eigenvalue weighted by atomic mass is 10.0. The largest absolute Gasteiger partial charge is 0.135 e. The van der Waals surface area contributed by atoms with E-state index in [-0.39, 0.29) is 0 Å². The second kappa shape index (κ2) is 17.7. The molecule has 0 atom stereocenters. The van der Waals surface area contributed by atoms with Gasteiger partial charge in [0.2, 0.25) is 0 Å². The van der Waals surface area contributed by atoms with Crippen LogP contribution in [0, 0.1) is 0 Å². The Balaban J connectivity index is 4.79. The Morgan fingerprint density at radius 3 is 0.133 bits per heavy atom. The minimum absolute atomic E-state index is 1.24. The highest BCUT2D eigenvalue weighted by molar-refractivity contribution is 9.40. The Labute approximate surface area is 513 Å². The highest BCUT2D eigenvalue weighted by Crippen LogP contribution is 2.85. The van der Waals surface area contributed by atoms with Crippen molar-refractivity contribution in [3.8, 4) is 0 Å². The van der Waals surface area contributed by atoms with E-state index in [4.69, 9.17) is 0 Å². The lowest BCUT2D eigenvalue weighted by Crippen LogP contribution is -2.72. The van der Waals surface area contributed by atoms with Crippen LogP contribution in [0.2, 0.25) is 0 Å². The molecule has 1 rings (SSSR count). The van der Waals surface area contributed by atoms with Crippen LogP contribution in [0.25, 0.3) is 0 Å². The predicted octanol–water partition coefficient (Wildman–Crippen LogP) is 22.3. The fourth-order valence-electron chi connectivity index (χ4n) is 2.96. The van der Waals surface area contributed by atoms with E-state index in [1.165, 1.54) is 0 Å². The van der Waals surface area contributed by atoms with Crippen molar-refractivity contribution in [2.75, 3.05) is 0 Å². The van der Waals surface area contributed by atoms with Gasteiger partial charge in [0.1, 0.15) is 48.5 Å². The Kier molecular flexibility index (Phi) is 22.5. The van der Waals surface area contributed by atoms with E-state index in [1.807, 2.05) is 0 Å². The topological polar surface area (TPSA) is 0 Å². The zero-order chi connectivity index (χ0) is 37.5. The number of alkyl halides is 30. The summed E-state index contributed by atoms with van der Waals surface area (Å²) in [6, 6.07) is 0. The first-order valence-corrected chi connectivity index (χ1v) is 33.2. The molecule has 270 valence electrons. The maximum absolute atomic E-state index is 3.99. The van der Waals surface area contributed by atoms with Crippen molar-refractivity contribution in [1.82, 2.24) is 0 Å². The SMILES string of the molecule is BrC1(Br)C(Br)(Br)C(Br)(Br)C(Br)(Br)C(Br)(Br)C(Br)(Br)C(Br)(Br)C(Br)(Br)C(Br)(Br)C(Br)(Br)C(Br)(Br)C(Br)(Br)C(Br)(Br)C(Br)(Br)C1(Br)Br. The number of hydrogen-bond acceptors (Lipinski definition) is 0. The number of rotatable bonds is 0. The summed E-state index contributed by atoms with van der Waals surface area (Å²) >= 11 is 120. The van der Waals surface area contributed by atoms with Crippen LogP contribution in [0.4, 0.5) is 0 Å². The number of hydrogen-bond donors (Lipinski definition) is 0. The lowest BCUT2D eigenvalue weighted by Gasteiger charge is -2.61. The summed E-state index contributed by atoms with van der Waals surface area (Å²) in [5.41, 5.74) is 0. The van der Waals surface area contributed by atoms with Crippen molar-refractivity contribution < 1.29 is 0 Å². The summed E-state index contributed by atoms with van der Waals surface area (Å²) in [4.78, 5) is 0. The molecular formula is C15Br30. The quantitative estimate of drug-likeness (QED) is 0.212. The summed E-state index contributed by atoms with van der Waals surface area (Å²) in [6.45, 7) is 0. The van der Waals surface area contributed by atoms with E-state index in [2.05, 4.69) is 478 Å². The zero-order valence-corrected chi connectivity index (χ0v) is 66.4. The lowest BCUT2D eigenvalue weighted by molar-refractivity contribution is 0.538. The average Bonchev–Trinajstić information content (AvgIpc) is 2.81. The fourth-order valence-corrected chi connectivity index (χ4v) is 36.8. The van der Waals surface area contributed by atoms with Crippen LogP contribution in [0.1, 0.15) is 0 Å². The third-order valence-electron chi connectivity index (χ3n) is 5.92. The first-order valence-electron chi connectivity index (χ1n) is 9.42. The maximum atomic E-state index is 3.99. The van der Waals surface area contributed by atoms with Gasteiger partial charge in [-0.15, -0.1) is 0 Å². The van der Waals surface area contributed by atoms with Crippen LogP contribution < -0.4 is 0 Å². The van der Waals surface area contributed by atoms with Crippen LogP contribution in [0.5, 0.6) is 0 Å². The Morgan fingerprint density at radius 1 is 0.0889 bits per heavy atom. The van der Waals surface area contributed by atoms with E-state index in [0.29, 0.717) is 0 Å². The van der Waals surface area contributed by atoms with Gasteiger partial charge in [-0.05, 0) is 0 Å². The van der Waals surface area contributed by atoms with Gasteiger partial charge in [-0.1, -0.05) is 478 Å². The molecule has 0 unspecified atom stereocenters. The van der Waals surface area contributed by atoms with E-state index in [1.54, 1.807) is 0 Å². The highest BCUT2D eigenvalue weighted by atomic mass is 80.0. The van der Waals surface area contributed by atoms with E-state index < -0.39 is 48.5 Å². The molecule has 1 aliphatic carbocycles. The Bertz CT molecular complexity index is 738. The smallest absolute Gasteiger partial charge is 0.0675 e. The second-order valence-corrected chi connectivity index (χ2v) is 60.3. The minimum atomic E-state index is -1.24. The van der Waals surface area contributed by atoms with Gasteiger partial charge >= 0.3 is 0 Å². The number of halogens is 30. The third-order valence-corrected chi connectivity index (χ3v) is 73.5. The molecule has 0 radical (unpaired) electrons. The molecule has 30 heteroatoms. The first kappa shape index (κ1) is 57.4. The van der Waals surface area contributed by atoms with Crippen LogP contribution in [0.3, 0.4) is 0 Å². The molecule has 0 N–H and O–H groups in total. The van der Waals surface area contributed by atoms with Crippen LogP contribution in [-0.4, -0.2) is 48.5 Å². The van der Waals surface area contributed by atoms with E-state index in [9.17, 15) is 0 Å². The fraction of sp³-hybridized carbons (Fsp3) is 1.00. The molecule has 0 saturated heterocycles. The third kappa shape index (κ3) is 8.32. The summed E-state index contributed by atoms with van der Waals surface area (Å²) in [7, 11) is 0. The van der Waals surface area contributed by atoms with Crippen molar-refractivity contribution >= 4 is 478 Å². The molecule has 0 aliphatic heterocycles. The standard InChI is InChI=1S/C15Br30/c16-1(17)2(18,19)4(22,23)6(26,27)8(30,31)10(34,35)12(38,39)14(42,43)15(44,45)13(40,41)11(36,37)9(32,33)7(28,29)5(24,25)3(1,20)21. The molecule has 0 bridgehead atoms. The first-order chi connectivity index (χ1) is 18.8. The van der Waals surface area contributed by atoms with Crippen molar-refractivity contribution in [1.29, 1.82) is 0 Å². The monoisotopic (exact) mass is 2550 g/mol. The van der Waals surface area contributed by atoms with E-state index in [0.717, 1.165) is 0 Å². The van der Waals surface area contributed by atoms with Crippen molar-refractivity contribution in [2.24, 2.45) is 0 Å². The molecule has 0 aromatic rings. The molecule has 0 heterocycles. The van der Waals surface area contributed by atoms with Crippen molar-refractivity contribution in [2.45, 2.75) is 48.5 Å². The van der Waals surface area contributed by atoms with E-state index >= 15 is 0 Å². The van der Waals surface area contributed by atoms with Crippen LogP contribution in [-0.2, 0) is 0 Å². The van der Waals surface area contributed by atoms with Gasteiger partial charge < -0.3 is 0 Å². The Hall–Kier alpha value is 14.4. The Morgan fingerprint density at radius 2 is 0.111 bits per heavy atom. The molecule has 0 aromatic heterocycles. The maximum Gasteiger partial charge on any atom is 0.135 e. The summed E-state index contributed by atoms with van der Waals surface area (Å²) in [6.07, 6.45) is 0. The summed E-state index contributed by atoms with van der Waals surface area (Å²) < 4.78 is -18.6. The molecule has 0 aromatic carbocycles. The van der Waals surface area contributed by atoms with Crippen LogP contribution in [0.15, 0.2) is 0 Å². The molecule has 1 saturated carbocycles. The van der Waals surface area contributed by atoms with Gasteiger partial charge in [0.15, 0.2) is 0 Å². The highest BCUT2D eigenvalue weighted by Gasteiger charge is 2.86. The molecule has 0 amide bonds. The molecule has 45 heavy (non-hydrogen) atoms. The summed E-state index contributed by atoms with van der Waals surface area (Å²) in [5, 5.41) is 0. The van der Waals surface area contributed by atoms with Gasteiger partial charge in [-0.3, -0.25) is 0 Å². The molecule has 1 fully saturated rings. The van der Waals surface area contributed by atoms with Gasteiger partial charge in [0.05, 0.1) is 0 Å². The van der Waals surface area contributed by atoms with Crippen molar-refractivity contribution in [3.63, 3.8) is 0 Å². The normalized spacial score (nSPS) is 34.0. The van der Waals surface area contributed by atoms with Crippen LogP contribution >= 0.6 is 478 Å². The molecule has 0 spiro atoms. The molecule has 1 aliphatic rings. The summed E-state index contributed by atoms with van der Waals surface area (Å²) in [5.74, 6) is 0. The van der Waals surface area contributed by atoms with Gasteiger partial charge in [-0.25, -0.2) is 0 Å². The second-order valence-electron chi connectivity index (χ2n) is 8.62. The molecular weight excluding hydrogens is 2580 g/mol. The molecule has 0 nitrogen and oxygen atoms in total. The van der Waals surface area contributed by atoms with Gasteiger partial charge in [0.25, 0.3) is 0 Å². The minimum Gasteiger partial charge on any atom is -0.0675 e. The van der Waals surface area contributed by atoms with Gasteiger partial charge in [0, 0.05) is 0 Å². The van der Waals surface area contributed by atoms with Crippen molar-refractivity contribution in [3.05, 3.63) is 0 Å². The average molecular weight is 2580 g/mol. The predicted molar refractivity (Wildman–Crippen MR) is 309 cm³/mol.